The van der Waals surface area contributed by atoms with Crippen molar-refractivity contribution in [1.29, 1.82) is 5.26 Å². The van der Waals surface area contributed by atoms with Crippen molar-refractivity contribution in [3.05, 3.63) is 65.5 Å². The third kappa shape index (κ3) is 3.27. The molecular weight excluding hydrogens is 291 g/mol. The van der Waals surface area contributed by atoms with E-state index in [4.69, 9.17) is 5.26 Å². The van der Waals surface area contributed by atoms with Crippen molar-refractivity contribution < 1.29 is 12.8 Å². The van der Waals surface area contributed by atoms with Gasteiger partial charge in [-0.05, 0) is 24.6 Å². The first kappa shape index (κ1) is 15.2. The Kier molecular flexibility index (Phi) is 4.36. The Balaban J connectivity index is 2.36. The van der Waals surface area contributed by atoms with Crippen LogP contribution in [0.15, 0.2) is 53.4 Å². The molecule has 108 valence electrons. The lowest BCUT2D eigenvalue weighted by Crippen LogP contribution is -2.27. The average molecular weight is 304 g/mol. The first-order valence-electron chi connectivity index (χ1n) is 6.21. The maximum absolute atomic E-state index is 13.5. The maximum Gasteiger partial charge on any atom is 0.242 e. The van der Waals surface area contributed by atoms with Gasteiger partial charge in [0, 0.05) is 6.04 Å². The first-order chi connectivity index (χ1) is 9.95. The van der Waals surface area contributed by atoms with Gasteiger partial charge < -0.3 is 0 Å². The maximum atomic E-state index is 13.5. The summed E-state index contributed by atoms with van der Waals surface area (Å²) < 4.78 is 40.6. The summed E-state index contributed by atoms with van der Waals surface area (Å²) in [5.41, 5.74) is 0.293. The van der Waals surface area contributed by atoms with Gasteiger partial charge in [-0.15, -0.1) is 0 Å². The molecule has 0 saturated carbocycles. The topological polar surface area (TPSA) is 70.0 Å². The van der Waals surface area contributed by atoms with Crippen LogP contribution >= 0.6 is 0 Å². The largest absolute Gasteiger partial charge is 0.242 e. The van der Waals surface area contributed by atoms with Crippen molar-refractivity contribution >= 4 is 10.0 Å². The molecule has 0 aliphatic heterocycles. The fourth-order valence-corrected chi connectivity index (χ4v) is 3.34. The fraction of sp³-hybridized carbons (Fsp3) is 0.133. The van der Waals surface area contributed by atoms with Gasteiger partial charge in [0.25, 0.3) is 0 Å². The number of nitrogens with one attached hydrogen (secondary N) is 1. The smallest absolute Gasteiger partial charge is 0.207 e. The highest BCUT2D eigenvalue weighted by molar-refractivity contribution is 7.89. The molecule has 4 nitrogen and oxygen atoms in total. The Morgan fingerprint density at radius 3 is 2.43 bits per heavy atom. The molecule has 0 bridgehead atoms. The second kappa shape index (κ2) is 6.04. The molecule has 2 aromatic rings. The zero-order chi connectivity index (χ0) is 15.5. The van der Waals surface area contributed by atoms with Crippen molar-refractivity contribution in [2.45, 2.75) is 17.9 Å². The predicted molar refractivity (Wildman–Crippen MR) is 76.3 cm³/mol. The number of sulfonamides is 1. The second-order valence-corrected chi connectivity index (χ2v) is 6.16. The van der Waals surface area contributed by atoms with E-state index in [0.29, 0.717) is 0 Å². The second-order valence-electron chi connectivity index (χ2n) is 4.48. The zero-order valence-corrected chi connectivity index (χ0v) is 12.1. The molecule has 0 heterocycles. The van der Waals surface area contributed by atoms with Crippen LogP contribution in [0.5, 0.6) is 0 Å². The molecule has 0 unspecified atom stereocenters. The highest BCUT2D eigenvalue weighted by Gasteiger charge is 2.23. The summed E-state index contributed by atoms with van der Waals surface area (Å²) >= 11 is 0. The van der Waals surface area contributed by atoms with Gasteiger partial charge in [0.05, 0.1) is 0 Å². The van der Waals surface area contributed by atoms with E-state index < -0.39 is 27.4 Å². The molecule has 1 N–H and O–H groups in total. The molecule has 0 amide bonds. The Hall–Kier alpha value is -2.23. The quantitative estimate of drug-likeness (QED) is 0.944. The lowest BCUT2D eigenvalue weighted by atomic mass is 10.1. The molecule has 0 radical (unpaired) electrons. The van der Waals surface area contributed by atoms with Crippen LogP contribution in [0.1, 0.15) is 24.1 Å². The van der Waals surface area contributed by atoms with Crippen LogP contribution in [-0.4, -0.2) is 8.42 Å². The van der Waals surface area contributed by atoms with Crippen LogP contribution in [0.4, 0.5) is 4.39 Å². The minimum absolute atomic E-state index is 0.354. The molecule has 2 rings (SSSR count). The normalized spacial score (nSPS) is 12.6. The van der Waals surface area contributed by atoms with E-state index in [9.17, 15) is 12.8 Å². The van der Waals surface area contributed by atoms with Gasteiger partial charge in [0.2, 0.25) is 10.0 Å². The van der Waals surface area contributed by atoms with Gasteiger partial charge in [-0.1, -0.05) is 36.4 Å². The van der Waals surface area contributed by atoms with Crippen molar-refractivity contribution in [3.63, 3.8) is 0 Å². The van der Waals surface area contributed by atoms with Crippen LogP contribution in [0.2, 0.25) is 0 Å². The molecule has 2 aromatic carbocycles. The van der Waals surface area contributed by atoms with Crippen LogP contribution < -0.4 is 4.72 Å². The summed E-state index contributed by atoms with van der Waals surface area (Å²) in [7, 11) is -3.99. The molecule has 0 aliphatic rings. The summed E-state index contributed by atoms with van der Waals surface area (Å²) in [5.74, 6) is -0.854. The highest BCUT2D eigenvalue weighted by atomic mass is 32.2. The zero-order valence-electron chi connectivity index (χ0n) is 11.2. The Labute approximate surface area is 122 Å². The minimum atomic E-state index is -3.99. The van der Waals surface area contributed by atoms with Crippen LogP contribution in [-0.2, 0) is 10.0 Å². The first-order valence-corrected chi connectivity index (χ1v) is 7.70. The third-order valence-electron chi connectivity index (χ3n) is 3.01. The molecule has 6 heteroatoms. The average Bonchev–Trinajstić information content (AvgIpc) is 2.47. The van der Waals surface area contributed by atoms with Crippen molar-refractivity contribution in [3.8, 4) is 6.07 Å². The highest BCUT2D eigenvalue weighted by Crippen LogP contribution is 2.21. The summed E-state index contributed by atoms with van der Waals surface area (Å²) in [6, 6.07) is 13.6. The van der Waals surface area contributed by atoms with Gasteiger partial charge in [-0.3, -0.25) is 0 Å². The van der Waals surface area contributed by atoms with Crippen LogP contribution in [0.25, 0.3) is 0 Å². The summed E-state index contributed by atoms with van der Waals surface area (Å²) in [5, 5.41) is 8.93. The monoisotopic (exact) mass is 304 g/mol. The Bertz CT molecular complexity index is 783. The standard InChI is InChI=1S/C15H13FN2O2S/c1-11(12-6-3-2-4-7-12)18-21(19,20)15-9-5-8-14(16)13(15)10-17/h2-9,11,18H,1H3/t11-/m0/s1. The van der Waals surface area contributed by atoms with Gasteiger partial charge in [0.15, 0.2) is 0 Å². The number of nitrogens with zero attached hydrogens (tertiary/aromatic N) is 1. The van der Waals surface area contributed by atoms with Crippen molar-refractivity contribution in [2.24, 2.45) is 0 Å². The molecule has 1 atom stereocenters. The lowest BCUT2D eigenvalue weighted by Gasteiger charge is -2.15. The molecule has 0 fully saturated rings. The predicted octanol–water partition coefficient (Wildman–Crippen LogP) is 2.74. The van der Waals surface area contributed by atoms with E-state index in [1.807, 2.05) is 6.07 Å². The number of hydrogen-bond acceptors (Lipinski definition) is 3. The fourth-order valence-electron chi connectivity index (χ4n) is 1.94. The van der Waals surface area contributed by atoms with E-state index in [2.05, 4.69) is 4.72 Å². The SMILES string of the molecule is C[C@H](NS(=O)(=O)c1cccc(F)c1C#N)c1ccccc1. The third-order valence-corrected chi connectivity index (χ3v) is 4.59. The molecule has 0 spiro atoms. The number of nitriles is 1. The Morgan fingerprint density at radius 1 is 1.14 bits per heavy atom. The van der Waals surface area contributed by atoms with Crippen LogP contribution in [0, 0.1) is 17.1 Å². The van der Waals surface area contributed by atoms with E-state index in [1.54, 1.807) is 37.3 Å². The molecular formula is C15H13FN2O2S. The van der Waals surface area contributed by atoms with E-state index in [1.165, 1.54) is 12.1 Å². The van der Waals surface area contributed by atoms with E-state index >= 15 is 0 Å². The lowest BCUT2D eigenvalue weighted by molar-refractivity contribution is 0.563. The number of hydrogen-bond donors (Lipinski definition) is 1. The van der Waals surface area contributed by atoms with Crippen LogP contribution in [0.3, 0.4) is 0 Å². The summed E-state index contributed by atoms with van der Waals surface area (Å²) in [6.45, 7) is 1.68. The number of halogens is 1. The van der Waals surface area contributed by atoms with Gasteiger partial charge in [-0.2, -0.15) is 5.26 Å². The molecule has 0 aromatic heterocycles. The summed E-state index contributed by atoms with van der Waals surface area (Å²) in [6.07, 6.45) is 0. The molecule has 0 aliphatic carbocycles. The van der Waals surface area contributed by atoms with Gasteiger partial charge in [0.1, 0.15) is 22.3 Å². The number of rotatable bonds is 4. The molecule has 21 heavy (non-hydrogen) atoms. The van der Waals surface area contributed by atoms with Crippen molar-refractivity contribution in [1.82, 2.24) is 4.72 Å². The summed E-state index contributed by atoms with van der Waals surface area (Å²) in [4.78, 5) is -0.354. The van der Waals surface area contributed by atoms with Crippen molar-refractivity contribution in [2.75, 3.05) is 0 Å². The number of benzene rings is 2. The molecule has 0 saturated heterocycles. The van der Waals surface area contributed by atoms with Gasteiger partial charge >= 0.3 is 0 Å². The van der Waals surface area contributed by atoms with Gasteiger partial charge in [-0.25, -0.2) is 17.5 Å². The van der Waals surface area contributed by atoms with E-state index in [-0.39, 0.29) is 4.90 Å². The van der Waals surface area contributed by atoms with E-state index in [0.717, 1.165) is 11.6 Å². The minimum Gasteiger partial charge on any atom is -0.207 e. The Morgan fingerprint density at radius 2 is 1.81 bits per heavy atom.